The molecule has 0 radical (unpaired) electrons. The molecule has 0 saturated heterocycles. The molecule has 1 aromatic rings. The molecule has 0 heterocycles. The number of hydrogen-bond donors (Lipinski definition) is 2. The van der Waals surface area contributed by atoms with Gasteiger partial charge in [0.15, 0.2) is 0 Å². The van der Waals surface area contributed by atoms with Crippen molar-refractivity contribution in [1.82, 2.24) is 4.72 Å². The Morgan fingerprint density at radius 1 is 1.44 bits per heavy atom. The van der Waals surface area contributed by atoms with Crippen LogP contribution in [0, 0.1) is 5.82 Å². The van der Waals surface area contributed by atoms with Gasteiger partial charge in [0, 0.05) is 16.6 Å². The molecule has 0 aliphatic rings. The molecule has 0 fully saturated rings. The SMILES string of the molecule is CCCCNS(=O)(=O)c1cc(Br)cc(CO)c1F. The number of hydrogen-bond acceptors (Lipinski definition) is 3. The summed E-state index contributed by atoms with van der Waals surface area (Å²) in [6.45, 7) is 1.64. The van der Waals surface area contributed by atoms with Crippen LogP contribution in [0.1, 0.15) is 25.3 Å². The summed E-state index contributed by atoms with van der Waals surface area (Å²) in [6.07, 6.45) is 1.52. The summed E-state index contributed by atoms with van der Waals surface area (Å²) in [4.78, 5) is -0.447. The molecular formula is C11H15BrFNO3S. The highest BCUT2D eigenvalue weighted by Crippen LogP contribution is 2.24. The monoisotopic (exact) mass is 339 g/mol. The van der Waals surface area contributed by atoms with E-state index in [1.165, 1.54) is 12.1 Å². The van der Waals surface area contributed by atoms with Gasteiger partial charge >= 0.3 is 0 Å². The molecule has 0 aromatic heterocycles. The molecule has 102 valence electrons. The molecule has 2 N–H and O–H groups in total. The number of aliphatic hydroxyl groups is 1. The van der Waals surface area contributed by atoms with E-state index >= 15 is 0 Å². The molecule has 4 nitrogen and oxygen atoms in total. The van der Waals surface area contributed by atoms with Crippen LogP contribution in [0.25, 0.3) is 0 Å². The molecule has 7 heteroatoms. The van der Waals surface area contributed by atoms with Crippen LogP contribution in [-0.2, 0) is 16.6 Å². The Morgan fingerprint density at radius 3 is 2.67 bits per heavy atom. The number of sulfonamides is 1. The lowest BCUT2D eigenvalue weighted by atomic mass is 10.2. The van der Waals surface area contributed by atoms with E-state index < -0.39 is 27.3 Å². The smallest absolute Gasteiger partial charge is 0.243 e. The van der Waals surface area contributed by atoms with Crippen molar-refractivity contribution in [3.05, 3.63) is 28.0 Å². The number of benzene rings is 1. The topological polar surface area (TPSA) is 66.4 Å². The standard InChI is InChI=1S/C11H15BrFNO3S/c1-2-3-4-14-18(16,17)10-6-9(12)5-8(7-15)11(10)13/h5-6,14-15H,2-4,7H2,1H3. The first-order valence-electron chi connectivity index (χ1n) is 5.50. The van der Waals surface area contributed by atoms with Crippen LogP contribution in [0.3, 0.4) is 0 Å². The highest BCUT2D eigenvalue weighted by molar-refractivity contribution is 9.10. The zero-order valence-corrected chi connectivity index (χ0v) is 12.3. The van der Waals surface area contributed by atoms with Gasteiger partial charge in [-0.25, -0.2) is 17.5 Å². The van der Waals surface area contributed by atoms with E-state index in [1.807, 2.05) is 6.92 Å². The maximum atomic E-state index is 13.9. The minimum absolute atomic E-state index is 0.0553. The molecule has 18 heavy (non-hydrogen) atoms. The molecule has 0 atom stereocenters. The number of aliphatic hydroxyl groups excluding tert-OH is 1. The van der Waals surface area contributed by atoms with Gasteiger partial charge in [0.25, 0.3) is 0 Å². The summed E-state index contributed by atoms with van der Waals surface area (Å²) >= 11 is 3.09. The first-order valence-corrected chi connectivity index (χ1v) is 7.78. The number of halogens is 2. The predicted molar refractivity (Wildman–Crippen MR) is 70.1 cm³/mol. The summed E-state index contributed by atoms with van der Waals surface area (Å²) in [5.74, 6) is -0.912. The quantitative estimate of drug-likeness (QED) is 0.780. The Bertz CT molecular complexity index is 519. The number of rotatable bonds is 6. The summed E-state index contributed by atoms with van der Waals surface area (Å²) in [5.41, 5.74) is -0.0553. The average molecular weight is 340 g/mol. The Morgan fingerprint density at radius 2 is 2.11 bits per heavy atom. The highest BCUT2D eigenvalue weighted by Gasteiger charge is 2.21. The number of unbranched alkanes of at least 4 members (excludes halogenated alkanes) is 1. The van der Waals surface area contributed by atoms with Crippen molar-refractivity contribution in [3.63, 3.8) is 0 Å². The Labute approximate surface area is 114 Å². The van der Waals surface area contributed by atoms with E-state index in [4.69, 9.17) is 5.11 Å². The molecule has 0 unspecified atom stereocenters. The lowest BCUT2D eigenvalue weighted by molar-refractivity contribution is 0.274. The van der Waals surface area contributed by atoms with E-state index in [0.29, 0.717) is 10.9 Å². The summed E-state index contributed by atoms with van der Waals surface area (Å²) in [6, 6.07) is 2.53. The van der Waals surface area contributed by atoms with Gasteiger partial charge in [0.05, 0.1) is 6.61 Å². The molecule has 0 aliphatic heterocycles. The van der Waals surface area contributed by atoms with Gasteiger partial charge in [0.1, 0.15) is 10.7 Å². The summed E-state index contributed by atoms with van der Waals surface area (Å²) in [7, 11) is -3.88. The van der Waals surface area contributed by atoms with E-state index in [9.17, 15) is 12.8 Å². The van der Waals surface area contributed by atoms with Crippen molar-refractivity contribution < 1.29 is 17.9 Å². The van der Waals surface area contributed by atoms with Gasteiger partial charge in [-0.1, -0.05) is 29.3 Å². The van der Waals surface area contributed by atoms with Crippen LogP contribution < -0.4 is 4.72 Å². The van der Waals surface area contributed by atoms with E-state index in [0.717, 1.165) is 6.42 Å². The summed E-state index contributed by atoms with van der Waals surface area (Å²) < 4.78 is 40.4. The predicted octanol–water partition coefficient (Wildman–Crippen LogP) is 2.16. The second kappa shape index (κ2) is 6.60. The third-order valence-electron chi connectivity index (χ3n) is 2.36. The normalized spacial score (nSPS) is 11.8. The van der Waals surface area contributed by atoms with Crippen molar-refractivity contribution in [1.29, 1.82) is 0 Å². The molecule has 0 spiro atoms. The van der Waals surface area contributed by atoms with E-state index in [2.05, 4.69) is 20.7 Å². The van der Waals surface area contributed by atoms with Gasteiger partial charge in [-0.05, 0) is 18.6 Å². The lowest BCUT2D eigenvalue weighted by Crippen LogP contribution is -2.26. The van der Waals surface area contributed by atoms with Crippen LogP contribution in [-0.4, -0.2) is 20.1 Å². The van der Waals surface area contributed by atoms with Crippen molar-refractivity contribution in [2.24, 2.45) is 0 Å². The fraction of sp³-hybridized carbons (Fsp3) is 0.455. The van der Waals surface area contributed by atoms with Crippen molar-refractivity contribution in [3.8, 4) is 0 Å². The average Bonchev–Trinajstić information content (AvgIpc) is 2.31. The van der Waals surface area contributed by atoms with Gasteiger partial charge in [-0.2, -0.15) is 0 Å². The highest BCUT2D eigenvalue weighted by atomic mass is 79.9. The molecule has 1 rings (SSSR count). The zero-order chi connectivity index (χ0) is 13.8. The minimum Gasteiger partial charge on any atom is -0.392 e. The first kappa shape index (κ1) is 15.6. The molecular weight excluding hydrogens is 325 g/mol. The van der Waals surface area contributed by atoms with Crippen LogP contribution in [0.15, 0.2) is 21.5 Å². The maximum absolute atomic E-state index is 13.9. The lowest BCUT2D eigenvalue weighted by Gasteiger charge is -2.10. The second-order valence-electron chi connectivity index (χ2n) is 3.79. The molecule has 1 aromatic carbocycles. The largest absolute Gasteiger partial charge is 0.392 e. The minimum atomic E-state index is -3.88. The zero-order valence-electron chi connectivity index (χ0n) is 9.91. The maximum Gasteiger partial charge on any atom is 0.243 e. The van der Waals surface area contributed by atoms with Crippen molar-refractivity contribution in [2.45, 2.75) is 31.3 Å². The second-order valence-corrected chi connectivity index (χ2v) is 6.44. The Hall–Kier alpha value is -0.500. The van der Waals surface area contributed by atoms with Crippen LogP contribution in [0.5, 0.6) is 0 Å². The third-order valence-corrected chi connectivity index (χ3v) is 4.28. The third kappa shape index (κ3) is 3.74. The van der Waals surface area contributed by atoms with E-state index in [1.54, 1.807) is 0 Å². The molecule has 0 aliphatic carbocycles. The van der Waals surface area contributed by atoms with Gasteiger partial charge in [-0.15, -0.1) is 0 Å². The van der Waals surface area contributed by atoms with Crippen LogP contribution in [0.2, 0.25) is 0 Å². The summed E-state index contributed by atoms with van der Waals surface area (Å²) in [5, 5.41) is 8.97. The molecule has 0 amide bonds. The number of nitrogens with one attached hydrogen (secondary N) is 1. The Kier molecular flexibility index (Phi) is 5.71. The van der Waals surface area contributed by atoms with Gasteiger partial charge < -0.3 is 5.11 Å². The fourth-order valence-corrected chi connectivity index (χ4v) is 3.26. The fourth-order valence-electron chi connectivity index (χ4n) is 1.39. The first-order chi connectivity index (χ1) is 8.42. The van der Waals surface area contributed by atoms with E-state index in [-0.39, 0.29) is 12.1 Å². The molecule has 0 bridgehead atoms. The van der Waals surface area contributed by atoms with Crippen molar-refractivity contribution >= 4 is 26.0 Å². The van der Waals surface area contributed by atoms with Gasteiger partial charge in [-0.3, -0.25) is 0 Å². The van der Waals surface area contributed by atoms with Gasteiger partial charge in [0.2, 0.25) is 10.0 Å². The van der Waals surface area contributed by atoms with Crippen molar-refractivity contribution in [2.75, 3.05) is 6.54 Å². The van der Waals surface area contributed by atoms with Crippen LogP contribution >= 0.6 is 15.9 Å². The van der Waals surface area contributed by atoms with Crippen LogP contribution in [0.4, 0.5) is 4.39 Å². The Balaban J connectivity index is 3.12. The molecule has 0 saturated carbocycles.